The molecule has 2 rings (SSSR count). The third kappa shape index (κ3) is 3.12. The molecule has 1 heterocycles. The minimum absolute atomic E-state index is 0.107. The average Bonchev–Trinajstić information content (AvgIpc) is 2.85. The van der Waals surface area contributed by atoms with Gasteiger partial charge in [0.25, 0.3) is 19.1 Å². The number of benzene rings is 1. The van der Waals surface area contributed by atoms with E-state index in [1.54, 1.807) is 6.07 Å². The van der Waals surface area contributed by atoms with Crippen LogP contribution in [0.3, 0.4) is 0 Å². The second kappa shape index (κ2) is 5.99. The first-order chi connectivity index (χ1) is 10.6. The van der Waals surface area contributed by atoms with Crippen molar-refractivity contribution in [1.82, 2.24) is 3.97 Å². The number of esters is 1. The Kier molecular flexibility index (Phi) is 4.56. The Balaban J connectivity index is 2.92. The molecular weight excluding hydrogens is 366 g/mol. The molecule has 0 N–H and O–H groups in total. The summed E-state index contributed by atoms with van der Waals surface area (Å²) in [5.74, 6) is -0.992. The SMILES string of the molecule is COC(=O)c1c(C)cc(S(=O)(=O)Cl)n1S(=O)(=O)c1ccccc1. The fourth-order valence-electron chi connectivity index (χ4n) is 2.03. The van der Waals surface area contributed by atoms with Gasteiger partial charge < -0.3 is 4.74 Å². The maximum Gasteiger partial charge on any atom is 0.356 e. The monoisotopic (exact) mass is 377 g/mol. The summed E-state index contributed by atoms with van der Waals surface area (Å²) in [5.41, 5.74) is -0.314. The number of hydrogen-bond donors (Lipinski definition) is 0. The van der Waals surface area contributed by atoms with Crippen LogP contribution >= 0.6 is 10.7 Å². The molecule has 0 atom stereocenters. The first kappa shape index (κ1) is 17.5. The lowest BCUT2D eigenvalue weighted by Gasteiger charge is -2.12. The third-order valence-corrected chi connectivity index (χ3v) is 6.14. The van der Waals surface area contributed by atoms with Crippen molar-refractivity contribution in [3.63, 3.8) is 0 Å². The lowest BCUT2D eigenvalue weighted by molar-refractivity contribution is 0.0591. The largest absolute Gasteiger partial charge is 0.464 e. The van der Waals surface area contributed by atoms with E-state index in [9.17, 15) is 21.6 Å². The zero-order valence-electron chi connectivity index (χ0n) is 12.1. The first-order valence-corrected chi connectivity index (χ1v) is 9.91. The van der Waals surface area contributed by atoms with Gasteiger partial charge in [0.15, 0.2) is 5.03 Å². The topological polar surface area (TPSA) is 99.5 Å². The third-order valence-electron chi connectivity index (χ3n) is 3.03. The number of nitrogens with zero attached hydrogens (tertiary/aromatic N) is 1. The van der Waals surface area contributed by atoms with Crippen LogP contribution in [-0.2, 0) is 23.8 Å². The summed E-state index contributed by atoms with van der Waals surface area (Å²) < 4.78 is 54.0. The fourth-order valence-corrected chi connectivity index (χ4v) is 5.15. The average molecular weight is 378 g/mol. The Morgan fingerprint density at radius 3 is 2.17 bits per heavy atom. The van der Waals surface area contributed by atoms with Crippen molar-refractivity contribution in [1.29, 1.82) is 0 Å². The van der Waals surface area contributed by atoms with Crippen LogP contribution < -0.4 is 0 Å². The molecule has 2 aromatic rings. The van der Waals surface area contributed by atoms with E-state index in [4.69, 9.17) is 10.7 Å². The molecule has 0 amide bonds. The van der Waals surface area contributed by atoms with Gasteiger partial charge in [0, 0.05) is 10.7 Å². The highest BCUT2D eigenvalue weighted by molar-refractivity contribution is 8.14. The van der Waals surface area contributed by atoms with E-state index in [0.717, 1.165) is 13.2 Å². The van der Waals surface area contributed by atoms with Crippen LogP contribution in [0.1, 0.15) is 16.1 Å². The van der Waals surface area contributed by atoms with Crippen molar-refractivity contribution in [2.24, 2.45) is 0 Å². The molecule has 0 aliphatic heterocycles. The molecule has 0 aliphatic rings. The van der Waals surface area contributed by atoms with E-state index in [0.29, 0.717) is 3.97 Å². The first-order valence-electron chi connectivity index (χ1n) is 6.16. The van der Waals surface area contributed by atoms with E-state index in [1.807, 2.05) is 0 Å². The summed E-state index contributed by atoms with van der Waals surface area (Å²) in [7, 11) is -2.40. The zero-order valence-corrected chi connectivity index (χ0v) is 14.4. The van der Waals surface area contributed by atoms with Crippen LogP contribution in [0.25, 0.3) is 0 Å². The number of aryl methyl sites for hydroxylation is 1. The van der Waals surface area contributed by atoms with Crippen molar-refractivity contribution in [3.05, 3.63) is 47.7 Å². The van der Waals surface area contributed by atoms with Gasteiger partial charge in [-0.05, 0) is 30.7 Å². The van der Waals surface area contributed by atoms with E-state index in [1.165, 1.54) is 31.2 Å². The predicted octanol–water partition coefficient (Wildman–Crippen LogP) is 1.75. The Hall–Kier alpha value is -1.84. The van der Waals surface area contributed by atoms with Gasteiger partial charge in [0.1, 0.15) is 5.69 Å². The number of carbonyl (C=O) groups excluding carboxylic acids is 1. The van der Waals surface area contributed by atoms with Crippen molar-refractivity contribution in [2.75, 3.05) is 7.11 Å². The van der Waals surface area contributed by atoms with Gasteiger partial charge in [-0.15, -0.1) is 0 Å². The highest BCUT2D eigenvalue weighted by Gasteiger charge is 2.33. The molecule has 1 aromatic carbocycles. The van der Waals surface area contributed by atoms with E-state index in [-0.39, 0.29) is 10.5 Å². The summed E-state index contributed by atoms with van der Waals surface area (Å²) in [6.07, 6.45) is 0. The van der Waals surface area contributed by atoms with Crippen molar-refractivity contribution >= 4 is 35.7 Å². The van der Waals surface area contributed by atoms with Crippen molar-refractivity contribution < 1.29 is 26.4 Å². The van der Waals surface area contributed by atoms with Crippen LogP contribution in [0.15, 0.2) is 46.3 Å². The molecule has 0 fully saturated rings. The van der Waals surface area contributed by atoms with Gasteiger partial charge in [0.2, 0.25) is 0 Å². The summed E-state index contributed by atoms with van der Waals surface area (Å²) in [6, 6.07) is 8.09. The summed E-state index contributed by atoms with van der Waals surface area (Å²) in [4.78, 5) is 11.7. The molecule has 0 aliphatic carbocycles. The molecule has 23 heavy (non-hydrogen) atoms. The molecule has 0 spiro atoms. The highest BCUT2D eigenvalue weighted by atomic mass is 35.7. The minimum Gasteiger partial charge on any atom is -0.464 e. The number of aromatic nitrogens is 1. The smallest absolute Gasteiger partial charge is 0.356 e. The van der Waals surface area contributed by atoms with Crippen molar-refractivity contribution in [3.8, 4) is 0 Å². The van der Waals surface area contributed by atoms with E-state index >= 15 is 0 Å². The summed E-state index contributed by atoms with van der Waals surface area (Å²) >= 11 is 0. The van der Waals surface area contributed by atoms with Gasteiger partial charge in [-0.1, -0.05) is 18.2 Å². The molecule has 1 aromatic heterocycles. The molecular formula is C13H12ClNO6S2. The standard InChI is InChI=1S/C13H12ClNO6S2/c1-9-8-11(22(14,17)18)15(12(9)13(16)21-2)23(19,20)10-6-4-3-5-7-10/h3-8H,1-2H3. The second-order valence-electron chi connectivity index (χ2n) is 4.53. The van der Waals surface area contributed by atoms with Crippen LogP contribution in [0.2, 0.25) is 0 Å². The molecule has 0 radical (unpaired) electrons. The summed E-state index contributed by atoms with van der Waals surface area (Å²) in [6.45, 7) is 1.38. The lowest BCUT2D eigenvalue weighted by Crippen LogP contribution is -2.22. The molecule has 7 nitrogen and oxygen atoms in total. The fraction of sp³-hybridized carbons (Fsp3) is 0.154. The van der Waals surface area contributed by atoms with Crippen LogP contribution in [0, 0.1) is 6.92 Å². The van der Waals surface area contributed by atoms with Gasteiger partial charge >= 0.3 is 5.97 Å². The van der Waals surface area contributed by atoms with Crippen LogP contribution in [0.5, 0.6) is 0 Å². The van der Waals surface area contributed by atoms with Crippen molar-refractivity contribution in [2.45, 2.75) is 16.8 Å². The molecule has 0 unspecified atom stereocenters. The van der Waals surface area contributed by atoms with Gasteiger partial charge in [0.05, 0.1) is 12.0 Å². The van der Waals surface area contributed by atoms with Gasteiger partial charge in [-0.2, -0.15) is 0 Å². The normalized spacial score (nSPS) is 12.1. The number of ether oxygens (including phenoxy) is 1. The maximum atomic E-state index is 12.8. The van der Waals surface area contributed by atoms with Gasteiger partial charge in [-0.25, -0.2) is 25.6 Å². The highest BCUT2D eigenvalue weighted by Crippen LogP contribution is 2.28. The Morgan fingerprint density at radius 2 is 1.70 bits per heavy atom. The summed E-state index contributed by atoms with van der Waals surface area (Å²) in [5, 5.41) is -0.721. The molecule has 0 bridgehead atoms. The van der Waals surface area contributed by atoms with E-state index in [2.05, 4.69) is 4.74 Å². The Bertz CT molecular complexity index is 961. The van der Waals surface area contributed by atoms with Crippen LogP contribution in [-0.4, -0.2) is 33.9 Å². The number of halogens is 1. The van der Waals surface area contributed by atoms with Gasteiger partial charge in [-0.3, -0.25) is 0 Å². The lowest BCUT2D eigenvalue weighted by atomic mass is 10.3. The number of hydrogen-bond acceptors (Lipinski definition) is 6. The number of methoxy groups -OCH3 is 1. The Labute approximate surface area is 137 Å². The van der Waals surface area contributed by atoms with Crippen LogP contribution in [0.4, 0.5) is 0 Å². The minimum atomic E-state index is -4.42. The number of carbonyl (C=O) groups is 1. The van der Waals surface area contributed by atoms with E-state index < -0.39 is 35.8 Å². The Morgan fingerprint density at radius 1 is 1.13 bits per heavy atom. The molecule has 0 saturated carbocycles. The maximum absolute atomic E-state index is 12.8. The quantitative estimate of drug-likeness (QED) is 0.594. The number of rotatable bonds is 4. The molecule has 0 saturated heterocycles. The zero-order chi connectivity index (χ0) is 17.4. The second-order valence-corrected chi connectivity index (χ2v) is 8.83. The molecule has 10 heteroatoms. The predicted molar refractivity (Wildman–Crippen MR) is 82.6 cm³/mol. The molecule has 124 valence electrons.